The summed E-state index contributed by atoms with van der Waals surface area (Å²) in [7, 11) is 0. The van der Waals surface area contributed by atoms with E-state index in [9.17, 15) is 4.79 Å². The van der Waals surface area contributed by atoms with Crippen LogP contribution in [0.5, 0.6) is 0 Å². The molecule has 0 aliphatic carbocycles. The van der Waals surface area contributed by atoms with Crippen LogP contribution in [-0.2, 0) is 17.9 Å². The van der Waals surface area contributed by atoms with E-state index in [1.165, 1.54) is 11.1 Å². The van der Waals surface area contributed by atoms with Crippen LogP contribution in [0.1, 0.15) is 30.0 Å². The Labute approximate surface area is 171 Å². The summed E-state index contributed by atoms with van der Waals surface area (Å²) >= 11 is 5.39. The zero-order valence-electron chi connectivity index (χ0n) is 16.6. The van der Waals surface area contributed by atoms with Crippen LogP contribution in [0.2, 0.25) is 0 Å². The van der Waals surface area contributed by atoms with E-state index in [4.69, 9.17) is 12.2 Å². The summed E-state index contributed by atoms with van der Waals surface area (Å²) in [5, 5.41) is 7.23. The number of aromatic amines is 1. The van der Waals surface area contributed by atoms with Crippen LogP contribution in [0.15, 0.2) is 48.5 Å². The maximum absolute atomic E-state index is 12.8. The molecule has 2 aromatic carbocycles. The van der Waals surface area contributed by atoms with Crippen molar-refractivity contribution in [3.05, 3.63) is 70.0 Å². The number of carbonyl (C=O) groups is 1. The van der Waals surface area contributed by atoms with Gasteiger partial charge in [0, 0.05) is 31.6 Å². The second-order valence-electron chi connectivity index (χ2n) is 6.96. The highest BCUT2D eigenvalue weighted by molar-refractivity contribution is 7.71. The Morgan fingerprint density at radius 1 is 1.18 bits per heavy atom. The molecule has 0 atom stereocenters. The largest absolute Gasteiger partial charge is 0.339 e. The average Bonchev–Trinajstić information content (AvgIpc) is 3.06. The van der Waals surface area contributed by atoms with Crippen molar-refractivity contribution in [1.29, 1.82) is 0 Å². The van der Waals surface area contributed by atoms with Crippen LogP contribution >= 0.6 is 12.2 Å². The molecule has 3 aromatic rings. The summed E-state index contributed by atoms with van der Waals surface area (Å²) in [6, 6.07) is 16.3. The number of aromatic nitrogens is 3. The minimum Gasteiger partial charge on any atom is -0.339 e. The summed E-state index contributed by atoms with van der Waals surface area (Å²) in [4.78, 5) is 14.7. The molecule has 0 bridgehead atoms. The first kappa shape index (κ1) is 20.0. The number of carbonyl (C=O) groups excluding carboxylic acids is 1. The van der Waals surface area contributed by atoms with Gasteiger partial charge in [-0.3, -0.25) is 14.5 Å². The van der Waals surface area contributed by atoms with Crippen molar-refractivity contribution in [3.63, 3.8) is 0 Å². The van der Waals surface area contributed by atoms with E-state index in [-0.39, 0.29) is 5.91 Å². The normalized spacial score (nSPS) is 10.8. The Kier molecular flexibility index (Phi) is 6.41. The Balaban J connectivity index is 1.73. The van der Waals surface area contributed by atoms with Gasteiger partial charge in [0.05, 0.1) is 0 Å². The first-order valence-electron chi connectivity index (χ1n) is 9.54. The van der Waals surface area contributed by atoms with Gasteiger partial charge in [0.1, 0.15) is 0 Å². The predicted molar refractivity (Wildman–Crippen MR) is 114 cm³/mol. The van der Waals surface area contributed by atoms with Crippen molar-refractivity contribution in [2.45, 2.75) is 40.3 Å². The first-order valence-corrected chi connectivity index (χ1v) is 9.95. The molecule has 6 heteroatoms. The van der Waals surface area contributed by atoms with Crippen molar-refractivity contribution >= 4 is 18.1 Å². The minimum atomic E-state index is 0.115. The van der Waals surface area contributed by atoms with Gasteiger partial charge in [-0.2, -0.15) is 5.10 Å². The molecule has 0 radical (unpaired) electrons. The van der Waals surface area contributed by atoms with Crippen molar-refractivity contribution in [2.24, 2.45) is 0 Å². The van der Waals surface area contributed by atoms with Gasteiger partial charge in [-0.15, -0.1) is 0 Å². The summed E-state index contributed by atoms with van der Waals surface area (Å²) in [5.74, 6) is 0.882. The number of rotatable bonds is 7. The highest BCUT2D eigenvalue weighted by atomic mass is 32.1. The SMILES string of the molecule is CCN(Cc1ccccc1C)C(=O)CCn1c(-c2cccc(C)c2)n[nH]c1=S. The molecule has 1 amide bonds. The zero-order valence-corrected chi connectivity index (χ0v) is 17.4. The lowest BCUT2D eigenvalue weighted by Crippen LogP contribution is -2.31. The molecule has 1 aromatic heterocycles. The molecule has 0 aliphatic heterocycles. The third kappa shape index (κ3) is 4.57. The zero-order chi connectivity index (χ0) is 20.1. The molecule has 3 rings (SSSR count). The number of hydrogen-bond acceptors (Lipinski definition) is 3. The van der Waals surface area contributed by atoms with Crippen molar-refractivity contribution in [2.75, 3.05) is 6.54 Å². The Morgan fingerprint density at radius 3 is 2.68 bits per heavy atom. The van der Waals surface area contributed by atoms with Crippen LogP contribution in [0.25, 0.3) is 11.4 Å². The molecule has 5 nitrogen and oxygen atoms in total. The van der Waals surface area contributed by atoms with Gasteiger partial charge < -0.3 is 4.90 Å². The monoisotopic (exact) mass is 394 g/mol. The predicted octanol–water partition coefficient (Wildman–Crippen LogP) is 4.66. The summed E-state index contributed by atoms with van der Waals surface area (Å²) in [6.07, 6.45) is 0.381. The molecule has 0 unspecified atom stereocenters. The molecule has 146 valence electrons. The lowest BCUT2D eigenvalue weighted by molar-refractivity contribution is -0.131. The molecule has 28 heavy (non-hydrogen) atoms. The molecular weight excluding hydrogens is 368 g/mol. The smallest absolute Gasteiger partial charge is 0.224 e. The van der Waals surface area contributed by atoms with Crippen LogP contribution < -0.4 is 0 Å². The summed E-state index contributed by atoms with van der Waals surface area (Å²) < 4.78 is 2.44. The van der Waals surface area contributed by atoms with Gasteiger partial charge in [-0.05, 0) is 50.2 Å². The van der Waals surface area contributed by atoms with Crippen LogP contribution in [-0.4, -0.2) is 32.1 Å². The van der Waals surface area contributed by atoms with Crippen molar-refractivity contribution in [3.8, 4) is 11.4 Å². The van der Waals surface area contributed by atoms with E-state index in [1.54, 1.807) is 0 Å². The summed E-state index contributed by atoms with van der Waals surface area (Å²) in [5.41, 5.74) is 4.53. The van der Waals surface area contributed by atoms with E-state index in [0.29, 0.717) is 30.8 Å². The molecular formula is C22H26N4OS. The number of nitrogens with zero attached hydrogens (tertiary/aromatic N) is 3. The van der Waals surface area contributed by atoms with Crippen molar-refractivity contribution < 1.29 is 4.79 Å². The number of benzene rings is 2. The van der Waals surface area contributed by atoms with Crippen LogP contribution in [0.4, 0.5) is 0 Å². The average molecular weight is 395 g/mol. The first-order chi connectivity index (χ1) is 13.5. The highest BCUT2D eigenvalue weighted by Gasteiger charge is 2.15. The molecule has 0 spiro atoms. The second kappa shape index (κ2) is 8.97. The molecule has 0 fully saturated rings. The van der Waals surface area contributed by atoms with Gasteiger partial charge in [-0.1, -0.05) is 48.0 Å². The molecule has 0 saturated heterocycles. The minimum absolute atomic E-state index is 0.115. The van der Waals surface area contributed by atoms with E-state index in [0.717, 1.165) is 17.0 Å². The van der Waals surface area contributed by atoms with E-state index < -0.39 is 0 Å². The highest BCUT2D eigenvalue weighted by Crippen LogP contribution is 2.19. The Bertz CT molecular complexity index is 1020. The molecule has 1 N–H and O–H groups in total. The molecule has 1 heterocycles. The van der Waals surface area contributed by atoms with E-state index in [2.05, 4.69) is 35.3 Å². The second-order valence-corrected chi connectivity index (χ2v) is 7.34. The lowest BCUT2D eigenvalue weighted by atomic mass is 10.1. The van der Waals surface area contributed by atoms with E-state index >= 15 is 0 Å². The fourth-order valence-corrected chi connectivity index (χ4v) is 3.49. The Morgan fingerprint density at radius 2 is 1.96 bits per heavy atom. The fourth-order valence-electron chi connectivity index (χ4n) is 3.26. The van der Waals surface area contributed by atoms with Gasteiger partial charge in [0.15, 0.2) is 10.6 Å². The number of amides is 1. The third-order valence-electron chi connectivity index (χ3n) is 4.94. The number of hydrogen-bond donors (Lipinski definition) is 1. The van der Waals surface area contributed by atoms with Gasteiger partial charge in [0.25, 0.3) is 0 Å². The number of aryl methyl sites for hydroxylation is 2. The fraction of sp³-hybridized carbons (Fsp3) is 0.318. The van der Waals surface area contributed by atoms with Gasteiger partial charge in [0.2, 0.25) is 5.91 Å². The van der Waals surface area contributed by atoms with Crippen molar-refractivity contribution in [1.82, 2.24) is 19.7 Å². The van der Waals surface area contributed by atoms with E-state index in [1.807, 2.05) is 53.6 Å². The standard InChI is InChI=1S/C22H26N4OS/c1-4-25(15-19-10-6-5-9-17(19)3)20(27)12-13-26-21(23-24-22(26)28)18-11-7-8-16(2)14-18/h5-11,14H,4,12-13,15H2,1-3H3,(H,24,28). The van der Waals surface area contributed by atoms with Gasteiger partial charge >= 0.3 is 0 Å². The quantitative estimate of drug-likeness (QED) is 0.593. The van der Waals surface area contributed by atoms with Gasteiger partial charge in [-0.25, -0.2) is 0 Å². The third-order valence-corrected chi connectivity index (χ3v) is 5.25. The van der Waals surface area contributed by atoms with Crippen LogP contribution in [0, 0.1) is 18.6 Å². The summed E-state index contributed by atoms with van der Waals surface area (Å²) in [6.45, 7) is 7.94. The molecule has 0 aliphatic rings. The lowest BCUT2D eigenvalue weighted by Gasteiger charge is -2.22. The Hall–Kier alpha value is -2.73. The maximum atomic E-state index is 12.8. The number of nitrogens with one attached hydrogen (secondary N) is 1. The topological polar surface area (TPSA) is 53.9 Å². The number of H-pyrrole nitrogens is 1. The van der Waals surface area contributed by atoms with Crippen LogP contribution in [0.3, 0.4) is 0 Å². The maximum Gasteiger partial charge on any atom is 0.224 e. The molecule has 0 saturated carbocycles.